The number of hydrazine groups is 1. The van der Waals surface area contributed by atoms with Gasteiger partial charge in [-0.1, -0.05) is 18.2 Å². The predicted molar refractivity (Wildman–Crippen MR) is 71.8 cm³/mol. The molecule has 1 heterocycles. The van der Waals surface area contributed by atoms with E-state index in [4.69, 9.17) is 17.4 Å². The van der Waals surface area contributed by atoms with E-state index in [2.05, 4.69) is 22.5 Å². The van der Waals surface area contributed by atoms with Crippen LogP contribution < -0.4 is 11.3 Å². The molecule has 0 saturated heterocycles. The zero-order valence-electron chi connectivity index (χ0n) is 9.57. The highest BCUT2D eigenvalue weighted by Gasteiger charge is 2.11. The van der Waals surface area contributed by atoms with Crippen LogP contribution in [-0.2, 0) is 0 Å². The maximum absolute atomic E-state index is 5.73. The van der Waals surface area contributed by atoms with E-state index in [1.54, 1.807) is 6.20 Å². The molecule has 0 bridgehead atoms. The van der Waals surface area contributed by atoms with Crippen LogP contribution in [0.2, 0.25) is 0 Å². The van der Waals surface area contributed by atoms with E-state index in [-0.39, 0.29) is 6.04 Å². The summed E-state index contributed by atoms with van der Waals surface area (Å²) >= 11 is 5.73. The number of halogens is 1. The van der Waals surface area contributed by atoms with E-state index in [0.717, 1.165) is 18.2 Å². The molecular formula is C13H16ClN3. The lowest BCUT2D eigenvalue weighted by Crippen LogP contribution is -2.28. The molecule has 0 radical (unpaired) electrons. The highest BCUT2D eigenvalue weighted by Crippen LogP contribution is 2.26. The van der Waals surface area contributed by atoms with Crippen LogP contribution in [0.25, 0.3) is 10.8 Å². The van der Waals surface area contributed by atoms with Crippen LogP contribution in [-0.4, -0.2) is 10.9 Å². The third-order valence-corrected chi connectivity index (χ3v) is 3.18. The number of aromatic nitrogens is 1. The Morgan fingerprint density at radius 3 is 3.00 bits per heavy atom. The second kappa shape index (κ2) is 5.96. The van der Waals surface area contributed by atoms with Crippen LogP contribution >= 0.6 is 11.6 Å². The standard InChI is InChI=1S/C13H16ClN3/c14-7-2-5-13(17-15)12-4-1-3-10-9-16-8-6-11(10)12/h1,3-4,6,8-9,13,17H,2,5,7,15H2. The van der Waals surface area contributed by atoms with Crippen molar-refractivity contribution in [2.45, 2.75) is 18.9 Å². The minimum Gasteiger partial charge on any atom is -0.271 e. The molecule has 0 aliphatic carbocycles. The van der Waals surface area contributed by atoms with Crippen LogP contribution in [0.4, 0.5) is 0 Å². The summed E-state index contributed by atoms with van der Waals surface area (Å²) in [7, 11) is 0. The molecule has 0 fully saturated rings. The normalized spacial score (nSPS) is 12.8. The smallest absolute Gasteiger partial charge is 0.0466 e. The van der Waals surface area contributed by atoms with Gasteiger partial charge in [0, 0.05) is 29.7 Å². The quantitative estimate of drug-likeness (QED) is 0.487. The Morgan fingerprint density at radius 2 is 2.24 bits per heavy atom. The lowest BCUT2D eigenvalue weighted by atomic mass is 9.97. The van der Waals surface area contributed by atoms with Crippen molar-refractivity contribution in [3.8, 4) is 0 Å². The van der Waals surface area contributed by atoms with Crippen LogP contribution in [0, 0.1) is 0 Å². The number of rotatable bonds is 5. The third kappa shape index (κ3) is 2.75. The molecule has 1 aromatic heterocycles. The van der Waals surface area contributed by atoms with Gasteiger partial charge in [0.05, 0.1) is 0 Å². The third-order valence-electron chi connectivity index (χ3n) is 2.92. The summed E-state index contributed by atoms with van der Waals surface area (Å²) in [5.74, 6) is 6.29. The van der Waals surface area contributed by atoms with Gasteiger partial charge in [-0.05, 0) is 29.9 Å². The van der Waals surface area contributed by atoms with Gasteiger partial charge in [-0.3, -0.25) is 16.3 Å². The Morgan fingerprint density at radius 1 is 1.35 bits per heavy atom. The van der Waals surface area contributed by atoms with Gasteiger partial charge in [0.25, 0.3) is 0 Å². The molecule has 1 aromatic carbocycles. The number of alkyl halides is 1. The fourth-order valence-electron chi connectivity index (χ4n) is 2.06. The van der Waals surface area contributed by atoms with Crippen molar-refractivity contribution >= 4 is 22.4 Å². The minimum absolute atomic E-state index is 0.139. The SMILES string of the molecule is NNC(CCCCl)c1cccc2cnccc12. The molecule has 0 aliphatic heterocycles. The first-order valence-corrected chi connectivity index (χ1v) is 6.25. The molecule has 1 atom stereocenters. The van der Waals surface area contributed by atoms with Gasteiger partial charge in [0.1, 0.15) is 0 Å². The first-order chi connectivity index (χ1) is 8.36. The fourth-order valence-corrected chi connectivity index (χ4v) is 2.22. The average Bonchev–Trinajstić information content (AvgIpc) is 2.40. The van der Waals surface area contributed by atoms with Gasteiger partial charge < -0.3 is 0 Å². The summed E-state index contributed by atoms with van der Waals surface area (Å²) < 4.78 is 0. The van der Waals surface area contributed by atoms with E-state index < -0.39 is 0 Å². The summed E-state index contributed by atoms with van der Waals surface area (Å²) in [6.07, 6.45) is 5.55. The van der Waals surface area contributed by atoms with E-state index in [1.165, 1.54) is 10.9 Å². The van der Waals surface area contributed by atoms with E-state index in [1.807, 2.05) is 18.3 Å². The molecule has 2 aromatic rings. The number of hydrogen-bond acceptors (Lipinski definition) is 3. The molecule has 0 spiro atoms. The van der Waals surface area contributed by atoms with Crippen molar-refractivity contribution < 1.29 is 0 Å². The zero-order valence-corrected chi connectivity index (χ0v) is 10.3. The van der Waals surface area contributed by atoms with Crippen molar-refractivity contribution in [1.82, 2.24) is 10.4 Å². The van der Waals surface area contributed by atoms with E-state index >= 15 is 0 Å². The highest BCUT2D eigenvalue weighted by molar-refractivity contribution is 6.17. The number of nitrogens with two attached hydrogens (primary N) is 1. The number of fused-ring (bicyclic) bond motifs is 1. The maximum atomic E-state index is 5.73. The van der Waals surface area contributed by atoms with Crippen molar-refractivity contribution in [2.24, 2.45) is 5.84 Å². The van der Waals surface area contributed by atoms with Crippen molar-refractivity contribution in [2.75, 3.05) is 5.88 Å². The van der Waals surface area contributed by atoms with Crippen molar-refractivity contribution in [3.05, 3.63) is 42.2 Å². The predicted octanol–water partition coefficient (Wildman–Crippen LogP) is 2.76. The molecular weight excluding hydrogens is 234 g/mol. The van der Waals surface area contributed by atoms with Crippen LogP contribution in [0.15, 0.2) is 36.7 Å². The summed E-state index contributed by atoms with van der Waals surface area (Å²) in [6, 6.07) is 8.35. The van der Waals surface area contributed by atoms with E-state index in [0.29, 0.717) is 5.88 Å². The highest BCUT2D eigenvalue weighted by atomic mass is 35.5. The summed E-state index contributed by atoms with van der Waals surface area (Å²) in [6.45, 7) is 0. The van der Waals surface area contributed by atoms with Crippen LogP contribution in [0.1, 0.15) is 24.4 Å². The Balaban J connectivity index is 2.38. The zero-order chi connectivity index (χ0) is 12.1. The molecule has 17 heavy (non-hydrogen) atoms. The topological polar surface area (TPSA) is 50.9 Å². The second-order valence-electron chi connectivity index (χ2n) is 3.99. The van der Waals surface area contributed by atoms with Crippen LogP contribution in [0.5, 0.6) is 0 Å². The summed E-state index contributed by atoms with van der Waals surface area (Å²) in [4.78, 5) is 4.13. The monoisotopic (exact) mass is 249 g/mol. The minimum atomic E-state index is 0.139. The molecule has 0 amide bonds. The molecule has 0 saturated carbocycles. The number of nitrogens with zero attached hydrogens (tertiary/aromatic N) is 1. The lowest BCUT2D eigenvalue weighted by molar-refractivity contribution is 0.514. The molecule has 2 rings (SSSR count). The summed E-state index contributed by atoms with van der Waals surface area (Å²) in [5.41, 5.74) is 4.07. The van der Waals surface area contributed by atoms with Gasteiger partial charge in [-0.25, -0.2) is 0 Å². The lowest BCUT2D eigenvalue weighted by Gasteiger charge is -2.17. The molecule has 3 N–H and O–H groups in total. The summed E-state index contributed by atoms with van der Waals surface area (Å²) in [5, 5.41) is 2.33. The Labute approximate surface area is 106 Å². The molecule has 90 valence electrons. The van der Waals surface area contributed by atoms with Gasteiger partial charge in [0.2, 0.25) is 0 Å². The average molecular weight is 250 g/mol. The number of pyridine rings is 1. The molecule has 4 heteroatoms. The Kier molecular flexibility index (Phi) is 4.31. The van der Waals surface area contributed by atoms with Gasteiger partial charge in [0.15, 0.2) is 0 Å². The molecule has 3 nitrogen and oxygen atoms in total. The molecule has 1 unspecified atom stereocenters. The first kappa shape index (κ1) is 12.3. The number of benzene rings is 1. The van der Waals surface area contributed by atoms with Crippen molar-refractivity contribution in [3.63, 3.8) is 0 Å². The van der Waals surface area contributed by atoms with Gasteiger partial charge >= 0.3 is 0 Å². The largest absolute Gasteiger partial charge is 0.271 e. The second-order valence-corrected chi connectivity index (χ2v) is 4.37. The Hall–Kier alpha value is -1.16. The van der Waals surface area contributed by atoms with Gasteiger partial charge in [-0.2, -0.15) is 0 Å². The number of hydrogen-bond donors (Lipinski definition) is 2. The maximum Gasteiger partial charge on any atom is 0.0466 e. The molecule has 0 aliphatic rings. The van der Waals surface area contributed by atoms with E-state index in [9.17, 15) is 0 Å². The number of nitrogens with one attached hydrogen (secondary N) is 1. The van der Waals surface area contributed by atoms with Gasteiger partial charge in [-0.15, -0.1) is 11.6 Å². The fraction of sp³-hybridized carbons (Fsp3) is 0.308. The Bertz CT molecular complexity index is 482. The first-order valence-electron chi connectivity index (χ1n) is 5.71. The van der Waals surface area contributed by atoms with Crippen LogP contribution in [0.3, 0.4) is 0 Å². The van der Waals surface area contributed by atoms with Crippen molar-refractivity contribution in [1.29, 1.82) is 0 Å².